The molecule has 0 aliphatic carbocycles. The lowest BCUT2D eigenvalue weighted by molar-refractivity contribution is 0.0640. The predicted molar refractivity (Wildman–Crippen MR) is 133 cm³/mol. The van der Waals surface area contributed by atoms with Crippen molar-refractivity contribution in [1.82, 2.24) is 9.88 Å². The number of hydrogen-bond donors (Lipinski definition) is 0. The SMILES string of the molecule is COc1cc2cc(CN3C(=O)c4ccccc4C3=O)nc(-c3ccccc3)c2c2c1OC(C)(C)C2. The van der Waals surface area contributed by atoms with E-state index in [1.165, 1.54) is 4.90 Å². The summed E-state index contributed by atoms with van der Waals surface area (Å²) in [5.74, 6) is 0.818. The molecular weight excluding hydrogens is 440 g/mol. The van der Waals surface area contributed by atoms with Gasteiger partial charge in [0, 0.05) is 22.9 Å². The highest BCUT2D eigenvalue weighted by molar-refractivity contribution is 6.21. The van der Waals surface area contributed by atoms with Gasteiger partial charge in [0.2, 0.25) is 0 Å². The summed E-state index contributed by atoms with van der Waals surface area (Å²) < 4.78 is 12.0. The molecule has 3 aromatic carbocycles. The van der Waals surface area contributed by atoms with Crippen molar-refractivity contribution < 1.29 is 19.1 Å². The average Bonchev–Trinajstić information content (AvgIpc) is 3.32. The quantitative estimate of drug-likeness (QED) is 0.377. The van der Waals surface area contributed by atoms with Crippen LogP contribution in [0.15, 0.2) is 66.7 Å². The van der Waals surface area contributed by atoms with Gasteiger partial charge in [0.25, 0.3) is 11.8 Å². The molecule has 0 unspecified atom stereocenters. The summed E-state index contributed by atoms with van der Waals surface area (Å²) in [6.07, 6.45) is 0.718. The van der Waals surface area contributed by atoms with Crippen LogP contribution in [0.1, 0.15) is 45.8 Å². The van der Waals surface area contributed by atoms with Crippen molar-refractivity contribution in [3.05, 3.63) is 89.1 Å². The Bertz CT molecular complexity index is 1490. The molecule has 0 atom stereocenters. The van der Waals surface area contributed by atoms with Crippen molar-refractivity contribution in [2.75, 3.05) is 7.11 Å². The molecule has 0 saturated heterocycles. The first-order valence-corrected chi connectivity index (χ1v) is 11.6. The van der Waals surface area contributed by atoms with Gasteiger partial charge in [-0.1, -0.05) is 42.5 Å². The molecule has 3 heterocycles. The summed E-state index contributed by atoms with van der Waals surface area (Å²) in [5.41, 5.74) is 3.94. The van der Waals surface area contributed by atoms with Gasteiger partial charge in [-0.15, -0.1) is 0 Å². The van der Waals surface area contributed by atoms with Crippen LogP contribution in [0.25, 0.3) is 22.0 Å². The number of methoxy groups -OCH3 is 1. The van der Waals surface area contributed by atoms with E-state index < -0.39 is 0 Å². The number of aromatic nitrogens is 1. The number of rotatable bonds is 4. The molecule has 174 valence electrons. The fourth-order valence-electron chi connectivity index (χ4n) is 5.12. The van der Waals surface area contributed by atoms with E-state index >= 15 is 0 Å². The Hall–Kier alpha value is -4.19. The number of carbonyl (C=O) groups excluding carboxylic acids is 2. The van der Waals surface area contributed by atoms with Gasteiger partial charge in [-0.05, 0) is 43.5 Å². The second kappa shape index (κ2) is 7.67. The van der Waals surface area contributed by atoms with Gasteiger partial charge in [-0.25, -0.2) is 0 Å². The van der Waals surface area contributed by atoms with E-state index in [9.17, 15) is 9.59 Å². The van der Waals surface area contributed by atoms with Crippen LogP contribution in [0.5, 0.6) is 11.5 Å². The maximum Gasteiger partial charge on any atom is 0.261 e. The van der Waals surface area contributed by atoms with Crippen LogP contribution in [0.2, 0.25) is 0 Å². The number of hydrogen-bond acceptors (Lipinski definition) is 5. The zero-order valence-corrected chi connectivity index (χ0v) is 19.8. The number of fused-ring (bicyclic) bond motifs is 4. The van der Waals surface area contributed by atoms with Crippen LogP contribution in [0.3, 0.4) is 0 Å². The number of imide groups is 1. The second-order valence-electron chi connectivity index (χ2n) is 9.59. The zero-order valence-electron chi connectivity index (χ0n) is 19.8. The first kappa shape index (κ1) is 21.4. The van der Waals surface area contributed by atoms with Crippen molar-refractivity contribution in [2.24, 2.45) is 0 Å². The van der Waals surface area contributed by atoms with Crippen molar-refractivity contribution >= 4 is 22.6 Å². The largest absolute Gasteiger partial charge is 0.493 e. The van der Waals surface area contributed by atoms with E-state index in [4.69, 9.17) is 14.5 Å². The minimum atomic E-state index is -0.364. The van der Waals surface area contributed by atoms with E-state index in [0.29, 0.717) is 22.6 Å². The van der Waals surface area contributed by atoms with Crippen LogP contribution in [-0.2, 0) is 13.0 Å². The van der Waals surface area contributed by atoms with Crippen LogP contribution in [0, 0.1) is 0 Å². The highest BCUT2D eigenvalue weighted by Gasteiger charge is 2.37. The molecule has 0 saturated carbocycles. The number of carbonyl (C=O) groups is 2. The lowest BCUT2D eigenvalue weighted by atomic mass is 9.93. The number of pyridine rings is 1. The Labute approximate surface area is 203 Å². The summed E-state index contributed by atoms with van der Waals surface area (Å²) in [6, 6.07) is 20.8. The van der Waals surface area contributed by atoms with Crippen molar-refractivity contribution in [1.29, 1.82) is 0 Å². The van der Waals surface area contributed by atoms with Gasteiger partial charge in [-0.2, -0.15) is 0 Å². The van der Waals surface area contributed by atoms with E-state index in [0.717, 1.165) is 39.8 Å². The number of ether oxygens (including phenoxy) is 2. The molecule has 6 rings (SSSR count). The van der Waals surface area contributed by atoms with Crippen molar-refractivity contribution in [3.8, 4) is 22.8 Å². The molecule has 6 nitrogen and oxygen atoms in total. The molecule has 0 fully saturated rings. The van der Waals surface area contributed by atoms with Crippen LogP contribution < -0.4 is 9.47 Å². The lowest BCUT2D eigenvalue weighted by Crippen LogP contribution is -2.29. The monoisotopic (exact) mass is 464 g/mol. The van der Waals surface area contributed by atoms with Gasteiger partial charge < -0.3 is 9.47 Å². The fourth-order valence-corrected chi connectivity index (χ4v) is 5.12. The topological polar surface area (TPSA) is 68.7 Å². The Morgan fingerprint density at radius 1 is 0.971 bits per heavy atom. The van der Waals surface area contributed by atoms with Gasteiger partial charge in [0.15, 0.2) is 11.5 Å². The highest BCUT2D eigenvalue weighted by Crippen LogP contribution is 2.48. The Morgan fingerprint density at radius 2 is 1.63 bits per heavy atom. The third-order valence-corrected chi connectivity index (χ3v) is 6.64. The molecule has 1 aromatic heterocycles. The summed E-state index contributed by atoms with van der Waals surface area (Å²) in [5, 5.41) is 1.94. The van der Waals surface area contributed by atoms with E-state index in [-0.39, 0.29) is 24.0 Å². The highest BCUT2D eigenvalue weighted by atomic mass is 16.5. The van der Waals surface area contributed by atoms with Crippen molar-refractivity contribution in [2.45, 2.75) is 32.4 Å². The fraction of sp³-hybridized carbons (Fsp3) is 0.207. The average molecular weight is 465 g/mol. The molecule has 0 N–H and O–H groups in total. The standard InChI is InChI=1S/C29H24N2O4/c1-29(2)15-22-24-18(14-23(34-3)26(22)35-29)13-19(30-25(24)17-9-5-4-6-10-17)16-31-27(32)20-11-7-8-12-21(20)28(31)33/h4-14H,15-16H2,1-3H3. The van der Waals surface area contributed by atoms with Crippen LogP contribution in [0.4, 0.5) is 0 Å². The van der Waals surface area contributed by atoms with Gasteiger partial charge in [0.05, 0.1) is 36.2 Å². The molecule has 6 heteroatoms. The molecule has 2 aliphatic rings. The minimum Gasteiger partial charge on any atom is -0.493 e. The first-order valence-electron chi connectivity index (χ1n) is 11.6. The Morgan fingerprint density at radius 3 is 2.29 bits per heavy atom. The van der Waals surface area contributed by atoms with Crippen molar-refractivity contribution in [3.63, 3.8) is 0 Å². The molecule has 0 spiro atoms. The van der Waals surface area contributed by atoms with E-state index in [1.54, 1.807) is 31.4 Å². The minimum absolute atomic E-state index is 0.0868. The maximum atomic E-state index is 13.0. The van der Waals surface area contributed by atoms with Gasteiger partial charge in [-0.3, -0.25) is 19.5 Å². The Kier molecular flexibility index (Phi) is 4.68. The Balaban J connectivity index is 1.54. The number of amides is 2. The predicted octanol–water partition coefficient (Wildman–Crippen LogP) is 5.42. The maximum absolute atomic E-state index is 13.0. The molecular formula is C29H24N2O4. The summed E-state index contributed by atoms with van der Waals surface area (Å²) in [7, 11) is 1.63. The lowest BCUT2D eigenvalue weighted by Gasteiger charge is -2.18. The first-order chi connectivity index (χ1) is 16.9. The zero-order chi connectivity index (χ0) is 24.3. The van der Waals surface area contributed by atoms with Gasteiger partial charge in [0.1, 0.15) is 5.60 Å². The normalized spacial score (nSPS) is 15.8. The molecule has 0 radical (unpaired) electrons. The molecule has 4 aromatic rings. The second-order valence-corrected chi connectivity index (χ2v) is 9.59. The summed E-state index contributed by atoms with van der Waals surface area (Å²) in [4.78, 5) is 32.3. The van der Waals surface area contributed by atoms with Gasteiger partial charge >= 0.3 is 0 Å². The molecule has 2 amide bonds. The third kappa shape index (κ3) is 3.36. The molecule has 35 heavy (non-hydrogen) atoms. The van der Waals surface area contributed by atoms with E-state index in [1.807, 2.05) is 42.5 Å². The third-order valence-electron chi connectivity index (χ3n) is 6.64. The number of benzene rings is 3. The van der Waals surface area contributed by atoms with E-state index in [2.05, 4.69) is 13.8 Å². The number of nitrogens with zero attached hydrogens (tertiary/aromatic N) is 2. The molecule has 0 bridgehead atoms. The van der Waals surface area contributed by atoms with Crippen LogP contribution >= 0.6 is 0 Å². The smallest absolute Gasteiger partial charge is 0.261 e. The van der Waals surface area contributed by atoms with Crippen LogP contribution in [-0.4, -0.2) is 34.4 Å². The molecule has 2 aliphatic heterocycles. The summed E-state index contributed by atoms with van der Waals surface area (Å²) in [6.45, 7) is 4.21. The summed E-state index contributed by atoms with van der Waals surface area (Å²) >= 11 is 0.